The van der Waals surface area contributed by atoms with Crippen molar-refractivity contribution in [2.24, 2.45) is 16.3 Å². The predicted molar refractivity (Wildman–Crippen MR) is 125 cm³/mol. The normalized spacial score (nSPS) is 29.0. The van der Waals surface area contributed by atoms with E-state index in [-0.39, 0.29) is 41.4 Å². The lowest BCUT2D eigenvalue weighted by Gasteiger charge is -2.31. The molecule has 9 nitrogen and oxygen atoms in total. The second kappa shape index (κ2) is 10.4. The van der Waals surface area contributed by atoms with Crippen LogP contribution in [0, 0.1) is 11.3 Å². The zero-order valence-corrected chi connectivity index (χ0v) is 20.1. The summed E-state index contributed by atoms with van der Waals surface area (Å²) >= 11 is 0. The Morgan fingerprint density at radius 2 is 2.00 bits per heavy atom. The van der Waals surface area contributed by atoms with Gasteiger partial charge in [-0.25, -0.2) is 4.79 Å². The Morgan fingerprint density at radius 3 is 2.64 bits per heavy atom. The van der Waals surface area contributed by atoms with E-state index in [4.69, 9.17) is 4.74 Å². The van der Waals surface area contributed by atoms with Gasteiger partial charge in [-0.15, -0.1) is 0 Å². The van der Waals surface area contributed by atoms with Crippen molar-refractivity contribution in [3.05, 3.63) is 0 Å². The molecule has 184 valence electrons. The van der Waals surface area contributed by atoms with Gasteiger partial charge >= 0.3 is 6.09 Å². The van der Waals surface area contributed by atoms with E-state index in [1.165, 1.54) is 0 Å². The van der Waals surface area contributed by atoms with Gasteiger partial charge in [-0.3, -0.25) is 19.5 Å². The van der Waals surface area contributed by atoms with Gasteiger partial charge in [-0.1, -0.05) is 12.8 Å². The molecule has 33 heavy (non-hydrogen) atoms. The van der Waals surface area contributed by atoms with Crippen LogP contribution in [0.2, 0.25) is 0 Å². The monoisotopic (exact) mass is 461 g/mol. The van der Waals surface area contributed by atoms with Crippen LogP contribution in [0.15, 0.2) is 4.99 Å². The standard InChI is InChI=1S/C24H39N5O4/c1-25-15-18(13-17-5-10-26-21(17)30)27-22(31)20-14-24(8-3-4-9-24)16-29(20)23(32)33-19-6-11-28(2)12-7-19/h15,17-20H,3-14,16H2,1-2H3,(H,26,30)(H,27,31)/t17-,18-,20-/m0/s1. The van der Waals surface area contributed by atoms with E-state index in [1.807, 2.05) is 0 Å². The molecule has 2 N–H and O–H groups in total. The first-order valence-electron chi connectivity index (χ1n) is 12.6. The number of hydrogen-bond donors (Lipinski definition) is 2. The fourth-order valence-corrected chi connectivity index (χ4v) is 6.08. The van der Waals surface area contributed by atoms with Gasteiger partial charge in [0.15, 0.2) is 0 Å². The third-order valence-electron chi connectivity index (χ3n) is 8.00. The van der Waals surface area contributed by atoms with Gasteiger partial charge < -0.3 is 20.3 Å². The number of nitrogens with zero attached hydrogens (tertiary/aromatic N) is 3. The van der Waals surface area contributed by atoms with Crippen LogP contribution in [0.1, 0.15) is 57.8 Å². The molecular formula is C24H39N5O4. The SMILES string of the molecule is CN=C[C@H](C[C@@H]1CCNC1=O)NC(=O)[C@@H]1CC2(CCCC2)CN1C(=O)OC1CCN(C)CC1. The van der Waals surface area contributed by atoms with Crippen LogP contribution < -0.4 is 10.6 Å². The molecule has 4 aliphatic rings. The first-order valence-corrected chi connectivity index (χ1v) is 12.6. The topological polar surface area (TPSA) is 103 Å². The fraction of sp³-hybridized carbons (Fsp3) is 0.833. The van der Waals surface area contributed by atoms with E-state index in [0.717, 1.165) is 58.0 Å². The summed E-state index contributed by atoms with van der Waals surface area (Å²) < 4.78 is 5.88. The molecule has 3 atom stereocenters. The lowest BCUT2D eigenvalue weighted by atomic mass is 9.84. The van der Waals surface area contributed by atoms with E-state index < -0.39 is 6.04 Å². The number of hydrogen-bond acceptors (Lipinski definition) is 6. The number of carbonyl (C=O) groups is 3. The molecular weight excluding hydrogens is 422 g/mol. The fourth-order valence-electron chi connectivity index (χ4n) is 6.08. The molecule has 0 aromatic heterocycles. The molecule has 3 heterocycles. The Bertz CT molecular complexity index is 758. The largest absolute Gasteiger partial charge is 0.446 e. The van der Waals surface area contributed by atoms with Gasteiger partial charge in [0.1, 0.15) is 12.1 Å². The summed E-state index contributed by atoms with van der Waals surface area (Å²) in [6, 6.07) is -0.866. The molecule has 0 aromatic rings. The van der Waals surface area contributed by atoms with Crippen molar-refractivity contribution in [1.29, 1.82) is 0 Å². The Balaban J connectivity index is 1.43. The number of carbonyl (C=O) groups excluding carboxylic acids is 3. The highest BCUT2D eigenvalue weighted by molar-refractivity contribution is 5.89. The molecule has 3 saturated heterocycles. The van der Waals surface area contributed by atoms with Gasteiger partial charge in [0.2, 0.25) is 11.8 Å². The third-order valence-corrected chi connectivity index (χ3v) is 8.00. The number of likely N-dealkylation sites (tertiary alicyclic amines) is 2. The lowest BCUT2D eigenvalue weighted by molar-refractivity contribution is -0.126. The molecule has 0 radical (unpaired) electrons. The molecule has 1 aliphatic carbocycles. The first-order chi connectivity index (χ1) is 15.9. The molecule has 4 rings (SSSR count). The van der Waals surface area contributed by atoms with Crippen LogP contribution in [-0.2, 0) is 14.3 Å². The summed E-state index contributed by atoms with van der Waals surface area (Å²) in [5.74, 6) is -0.251. The van der Waals surface area contributed by atoms with Crippen LogP contribution in [-0.4, -0.2) is 92.4 Å². The Kier molecular flexibility index (Phi) is 7.56. The molecule has 0 unspecified atom stereocenters. The maximum Gasteiger partial charge on any atom is 0.410 e. The number of piperidine rings is 1. The number of ether oxygens (including phenoxy) is 1. The highest BCUT2D eigenvalue weighted by Gasteiger charge is 2.50. The van der Waals surface area contributed by atoms with Crippen molar-refractivity contribution in [1.82, 2.24) is 20.4 Å². The molecule has 3 aliphatic heterocycles. The van der Waals surface area contributed by atoms with Crippen molar-refractivity contribution < 1.29 is 19.1 Å². The smallest absolute Gasteiger partial charge is 0.410 e. The number of amides is 3. The number of rotatable bonds is 6. The van der Waals surface area contributed by atoms with Crippen molar-refractivity contribution in [3.63, 3.8) is 0 Å². The van der Waals surface area contributed by atoms with Gasteiger partial charge in [0.25, 0.3) is 0 Å². The maximum absolute atomic E-state index is 13.4. The Hall–Kier alpha value is -2.16. The summed E-state index contributed by atoms with van der Waals surface area (Å²) in [6.45, 7) is 3.10. The van der Waals surface area contributed by atoms with Crippen LogP contribution >= 0.6 is 0 Å². The average Bonchev–Trinajstić information content (AvgIpc) is 3.51. The van der Waals surface area contributed by atoms with Crippen molar-refractivity contribution in [2.45, 2.75) is 76.0 Å². The minimum Gasteiger partial charge on any atom is -0.446 e. The van der Waals surface area contributed by atoms with Gasteiger partial charge in [-0.05, 0) is 57.4 Å². The van der Waals surface area contributed by atoms with Crippen molar-refractivity contribution >= 4 is 24.1 Å². The zero-order valence-electron chi connectivity index (χ0n) is 20.1. The minimum absolute atomic E-state index is 0.0213. The van der Waals surface area contributed by atoms with Crippen LogP contribution in [0.4, 0.5) is 4.79 Å². The zero-order chi connectivity index (χ0) is 23.4. The number of aliphatic imine (C=N–C) groups is 1. The summed E-state index contributed by atoms with van der Waals surface area (Å²) in [4.78, 5) is 46.7. The molecule has 0 bridgehead atoms. The second-order valence-electron chi connectivity index (χ2n) is 10.5. The molecule has 4 fully saturated rings. The average molecular weight is 462 g/mol. The second-order valence-corrected chi connectivity index (χ2v) is 10.5. The van der Waals surface area contributed by atoms with Crippen LogP contribution in [0.5, 0.6) is 0 Å². The van der Waals surface area contributed by atoms with E-state index >= 15 is 0 Å². The molecule has 1 spiro atoms. The van der Waals surface area contributed by atoms with E-state index in [1.54, 1.807) is 18.2 Å². The Labute approximate surface area is 196 Å². The summed E-state index contributed by atoms with van der Waals surface area (Å²) in [5.41, 5.74) is 0.0213. The molecule has 0 aromatic carbocycles. The molecule has 3 amide bonds. The van der Waals surface area contributed by atoms with E-state index in [0.29, 0.717) is 25.9 Å². The highest BCUT2D eigenvalue weighted by Crippen LogP contribution is 2.48. The van der Waals surface area contributed by atoms with E-state index in [2.05, 4.69) is 27.6 Å². The van der Waals surface area contributed by atoms with Crippen LogP contribution in [0.3, 0.4) is 0 Å². The van der Waals surface area contributed by atoms with Gasteiger partial charge in [-0.2, -0.15) is 0 Å². The summed E-state index contributed by atoms with van der Waals surface area (Å²) in [7, 11) is 3.75. The van der Waals surface area contributed by atoms with Crippen LogP contribution in [0.25, 0.3) is 0 Å². The number of nitrogens with one attached hydrogen (secondary N) is 2. The molecule has 1 saturated carbocycles. The van der Waals surface area contributed by atoms with Gasteiger partial charge in [0, 0.05) is 45.4 Å². The summed E-state index contributed by atoms with van der Waals surface area (Å²) in [6.07, 6.45) is 9.29. The lowest BCUT2D eigenvalue weighted by Crippen LogP contribution is -2.50. The van der Waals surface area contributed by atoms with Gasteiger partial charge in [0.05, 0.1) is 6.04 Å². The maximum atomic E-state index is 13.4. The first kappa shape index (κ1) is 24.0. The van der Waals surface area contributed by atoms with E-state index in [9.17, 15) is 14.4 Å². The quantitative estimate of drug-likeness (QED) is 0.585. The highest BCUT2D eigenvalue weighted by atomic mass is 16.6. The summed E-state index contributed by atoms with van der Waals surface area (Å²) in [5, 5.41) is 5.94. The van der Waals surface area contributed by atoms with Crippen molar-refractivity contribution in [3.8, 4) is 0 Å². The minimum atomic E-state index is -0.535. The third kappa shape index (κ3) is 5.67. The predicted octanol–water partition coefficient (Wildman–Crippen LogP) is 1.56. The molecule has 9 heteroatoms. The Morgan fingerprint density at radius 1 is 1.27 bits per heavy atom. The van der Waals surface area contributed by atoms with Crippen molar-refractivity contribution in [2.75, 3.05) is 40.3 Å².